The van der Waals surface area contributed by atoms with Crippen LogP contribution in [0.2, 0.25) is 0 Å². The largest absolute Gasteiger partial charge is 0.491 e. The summed E-state index contributed by atoms with van der Waals surface area (Å²) in [5.41, 5.74) is 4.31. The van der Waals surface area contributed by atoms with Crippen LogP contribution in [0.3, 0.4) is 0 Å². The molecule has 1 aromatic heterocycles. The summed E-state index contributed by atoms with van der Waals surface area (Å²) in [5, 5.41) is 10.3. The summed E-state index contributed by atoms with van der Waals surface area (Å²) < 4.78 is 7.78. The number of aromatic nitrogens is 2. The van der Waals surface area contributed by atoms with Crippen LogP contribution in [-0.4, -0.2) is 27.4 Å². The van der Waals surface area contributed by atoms with Gasteiger partial charge in [0.1, 0.15) is 24.3 Å². The number of hydrogen-bond donors (Lipinski definition) is 1. The first-order valence-corrected chi connectivity index (χ1v) is 7.84. The third kappa shape index (κ3) is 3.54. The lowest BCUT2D eigenvalue weighted by molar-refractivity contribution is 0.0929. The molecule has 1 heterocycles. The van der Waals surface area contributed by atoms with Crippen molar-refractivity contribution in [2.75, 3.05) is 6.61 Å². The van der Waals surface area contributed by atoms with Crippen molar-refractivity contribution in [3.63, 3.8) is 0 Å². The van der Waals surface area contributed by atoms with E-state index in [1.807, 2.05) is 61.7 Å². The molecule has 0 aliphatic heterocycles. The molecule has 0 amide bonds. The quantitative estimate of drug-likeness (QED) is 0.785. The van der Waals surface area contributed by atoms with E-state index in [1.165, 1.54) is 0 Å². The Labute approximate surface area is 136 Å². The van der Waals surface area contributed by atoms with Crippen LogP contribution in [0.25, 0.3) is 11.0 Å². The smallest absolute Gasteiger partial charge is 0.119 e. The van der Waals surface area contributed by atoms with Crippen molar-refractivity contribution in [1.29, 1.82) is 0 Å². The van der Waals surface area contributed by atoms with Crippen molar-refractivity contribution in [3.8, 4) is 5.75 Å². The molecule has 0 fully saturated rings. The molecule has 3 aromatic rings. The number of hydrogen-bond acceptors (Lipinski definition) is 3. The fourth-order valence-electron chi connectivity index (χ4n) is 2.90. The third-order valence-corrected chi connectivity index (χ3v) is 3.88. The van der Waals surface area contributed by atoms with Gasteiger partial charge in [-0.3, -0.25) is 0 Å². The Kier molecular flexibility index (Phi) is 4.35. The highest BCUT2D eigenvalue weighted by atomic mass is 16.5. The highest BCUT2D eigenvalue weighted by molar-refractivity contribution is 5.75. The summed E-state index contributed by atoms with van der Waals surface area (Å²) in [6.07, 6.45) is -0.591. The summed E-state index contributed by atoms with van der Waals surface area (Å²) in [6, 6.07) is 14.0. The van der Waals surface area contributed by atoms with Gasteiger partial charge in [-0.1, -0.05) is 18.2 Å². The highest BCUT2D eigenvalue weighted by Gasteiger charge is 2.12. The number of aliphatic hydroxyl groups is 1. The second-order valence-electron chi connectivity index (χ2n) is 6.05. The number of aryl methyl sites for hydroxylation is 3. The summed E-state index contributed by atoms with van der Waals surface area (Å²) >= 11 is 0. The standard InChI is InChI=1S/C19H22N2O2/c1-13-8-14(2)10-17(9-13)23-12-16(22)11-21-15(3)20-18-6-4-5-7-19(18)21/h4-10,16,22H,11-12H2,1-3H3/t16-/m1/s1. The Morgan fingerprint density at radius 3 is 2.52 bits per heavy atom. The fraction of sp³-hybridized carbons (Fsp3) is 0.316. The van der Waals surface area contributed by atoms with E-state index in [1.54, 1.807) is 0 Å². The predicted octanol–water partition coefficient (Wildman–Crippen LogP) is 3.40. The minimum atomic E-state index is -0.591. The van der Waals surface area contributed by atoms with Crippen molar-refractivity contribution in [2.45, 2.75) is 33.4 Å². The molecular weight excluding hydrogens is 288 g/mol. The van der Waals surface area contributed by atoms with Crippen molar-refractivity contribution >= 4 is 11.0 Å². The molecule has 4 nitrogen and oxygen atoms in total. The number of para-hydroxylation sites is 2. The maximum Gasteiger partial charge on any atom is 0.119 e. The average molecular weight is 310 g/mol. The van der Waals surface area contributed by atoms with Crippen LogP contribution in [0.15, 0.2) is 42.5 Å². The molecule has 2 aromatic carbocycles. The summed E-state index contributed by atoms with van der Waals surface area (Å²) in [7, 11) is 0. The van der Waals surface area contributed by atoms with Gasteiger partial charge in [-0.05, 0) is 56.2 Å². The number of rotatable bonds is 5. The van der Waals surface area contributed by atoms with E-state index in [0.717, 1.165) is 33.7 Å². The van der Waals surface area contributed by atoms with Gasteiger partial charge in [-0.15, -0.1) is 0 Å². The van der Waals surface area contributed by atoms with E-state index < -0.39 is 6.10 Å². The molecule has 0 bridgehead atoms. The molecule has 23 heavy (non-hydrogen) atoms. The molecule has 0 saturated carbocycles. The number of fused-ring (bicyclic) bond motifs is 1. The number of benzene rings is 2. The number of ether oxygens (including phenoxy) is 1. The predicted molar refractivity (Wildman–Crippen MR) is 91.9 cm³/mol. The molecule has 1 atom stereocenters. The Hall–Kier alpha value is -2.33. The second-order valence-corrected chi connectivity index (χ2v) is 6.05. The van der Waals surface area contributed by atoms with E-state index in [9.17, 15) is 5.11 Å². The van der Waals surface area contributed by atoms with E-state index in [0.29, 0.717) is 6.54 Å². The molecule has 1 N–H and O–H groups in total. The van der Waals surface area contributed by atoms with Gasteiger partial charge in [0.05, 0.1) is 17.6 Å². The molecule has 4 heteroatoms. The zero-order chi connectivity index (χ0) is 16.4. The van der Waals surface area contributed by atoms with Crippen molar-refractivity contribution in [1.82, 2.24) is 9.55 Å². The van der Waals surface area contributed by atoms with E-state index in [4.69, 9.17) is 4.74 Å². The lowest BCUT2D eigenvalue weighted by Crippen LogP contribution is -2.24. The molecule has 120 valence electrons. The first kappa shape index (κ1) is 15.6. The Bertz CT molecular complexity index is 803. The topological polar surface area (TPSA) is 47.3 Å². The molecule has 0 aliphatic rings. The van der Waals surface area contributed by atoms with Crippen molar-refractivity contribution < 1.29 is 9.84 Å². The van der Waals surface area contributed by atoms with Crippen molar-refractivity contribution in [3.05, 3.63) is 59.4 Å². The van der Waals surface area contributed by atoms with Crippen LogP contribution < -0.4 is 4.74 Å². The van der Waals surface area contributed by atoms with Gasteiger partial charge in [-0.2, -0.15) is 0 Å². The SMILES string of the molecule is Cc1cc(C)cc(OC[C@H](O)Cn2c(C)nc3ccccc32)c1. The third-order valence-electron chi connectivity index (χ3n) is 3.88. The molecule has 0 aliphatic carbocycles. The van der Waals surface area contributed by atoms with Crippen molar-refractivity contribution in [2.24, 2.45) is 0 Å². The molecule has 0 saturated heterocycles. The average Bonchev–Trinajstić information content (AvgIpc) is 2.80. The lowest BCUT2D eigenvalue weighted by Gasteiger charge is -2.15. The monoisotopic (exact) mass is 310 g/mol. The van der Waals surface area contributed by atoms with Crippen LogP contribution >= 0.6 is 0 Å². The minimum absolute atomic E-state index is 0.259. The maximum atomic E-state index is 10.3. The zero-order valence-electron chi connectivity index (χ0n) is 13.8. The van der Waals surface area contributed by atoms with Crippen LogP contribution in [-0.2, 0) is 6.54 Å². The van der Waals surface area contributed by atoms with Gasteiger partial charge in [0.25, 0.3) is 0 Å². The van der Waals surface area contributed by atoms with Gasteiger partial charge >= 0.3 is 0 Å². The molecular formula is C19H22N2O2. The van der Waals surface area contributed by atoms with Crippen LogP contribution in [0.5, 0.6) is 5.75 Å². The van der Waals surface area contributed by atoms with Crippen LogP contribution in [0.1, 0.15) is 17.0 Å². The summed E-state index contributed by atoms with van der Waals surface area (Å²) in [4.78, 5) is 4.52. The Morgan fingerprint density at radius 1 is 1.09 bits per heavy atom. The number of aliphatic hydroxyl groups excluding tert-OH is 1. The normalized spacial score (nSPS) is 12.5. The van der Waals surface area contributed by atoms with Gasteiger partial charge in [0.2, 0.25) is 0 Å². The van der Waals surface area contributed by atoms with Gasteiger partial charge < -0.3 is 14.4 Å². The summed E-state index contributed by atoms with van der Waals surface area (Å²) in [6.45, 7) is 6.76. The van der Waals surface area contributed by atoms with Crippen LogP contribution in [0.4, 0.5) is 0 Å². The first-order chi connectivity index (χ1) is 11.0. The second kappa shape index (κ2) is 6.42. The van der Waals surface area contributed by atoms with E-state index in [-0.39, 0.29) is 6.61 Å². The van der Waals surface area contributed by atoms with Crippen LogP contribution in [0, 0.1) is 20.8 Å². The van der Waals surface area contributed by atoms with E-state index >= 15 is 0 Å². The van der Waals surface area contributed by atoms with Gasteiger partial charge in [0, 0.05) is 0 Å². The number of imidazole rings is 1. The maximum absolute atomic E-state index is 10.3. The molecule has 0 spiro atoms. The highest BCUT2D eigenvalue weighted by Crippen LogP contribution is 2.18. The Morgan fingerprint density at radius 2 is 1.78 bits per heavy atom. The Balaban J connectivity index is 1.69. The van der Waals surface area contributed by atoms with Gasteiger partial charge in [-0.25, -0.2) is 4.98 Å². The molecule has 3 rings (SSSR count). The first-order valence-electron chi connectivity index (χ1n) is 7.84. The van der Waals surface area contributed by atoms with Gasteiger partial charge in [0.15, 0.2) is 0 Å². The summed E-state index contributed by atoms with van der Waals surface area (Å²) in [5.74, 6) is 1.70. The van der Waals surface area contributed by atoms with E-state index in [2.05, 4.69) is 11.1 Å². The fourth-order valence-corrected chi connectivity index (χ4v) is 2.90. The number of nitrogens with zero attached hydrogens (tertiary/aromatic N) is 2. The zero-order valence-corrected chi connectivity index (χ0v) is 13.8. The molecule has 0 radical (unpaired) electrons. The molecule has 0 unspecified atom stereocenters. The minimum Gasteiger partial charge on any atom is -0.491 e. The lowest BCUT2D eigenvalue weighted by atomic mass is 10.1.